The van der Waals surface area contributed by atoms with Gasteiger partial charge in [0.15, 0.2) is 18.1 Å². The summed E-state index contributed by atoms with van der Waals surface area (Å²) in [6.07, 6.45) is 8.00. The number of hydrogen-bond acceptors (Lipinski definition) is 1. The third kappa shape index (κ3) is 2.28. The zero-order chi connectivity index (χ0) is 11.7. The Hall–Kier alpha value is -0.760. The van der Waals surface area contributed by atoms with Gasteiger partial charge in [0, 0.05) is 17.2 Å². The van der Waals surface area contributed by atoms with E-state index >= 15 is 0 Å². The quantitative estimate of drug-likeness (QED) is 0.682. The minimum absolute atomic E-state index is 0.768. The lowest BCUT2D eigenvalue weighted by Gasteiger charge is -2.27. The summed E-state index contributed by atoms with van der Waals surface area (Å²) in [6.45, 7) is 2.42. The lowest BCUT2D eigenvalue weighted by molar-refractivity contribution is -0.555. The van der Waals surface area contributed by atoms with Crippen molar-refractivity contribution in [3.8, 4) is 0 Å². The van der Waals surface area contributed by atoms with Gasteiger partial charge in [0.1, 0.15) is 0 Å². The summed E-state index contributed by atoms with van der Waals surface area (Å²) in [5, 5.41) is 0. The molecule has 0 radical (unpaired) electrons. The van der Waals surface area contributed by atoms with E-state index in [4.69, 9.17) is 0 Å². The van der Waals surface area contributed by atoms with E-state index in [2.05, 4.69) is 42.0 Å². The first-order valence-electron chi connectivity index (χ1n) is 6.67. The molecule has 1 nitrogen and oxygen atoms in total. The van der Waals surface area contributed by atoms with Crippen LogP contribution in [0.3, 0.4) is 0 Å². The van der Waals surface area contributed by atoms with Gasteiger partial charge in [-0.2, -0.15) is 0 Å². The molecule has 0 amide bonds. The molecule has 1 aliphatic heterocycles. The second-order valence-electron chi connectivity index (χ2n) is 5.28. The second-order valence-corrected chi connectivity index (χ2v) is 6.27. The zero-order valence-corrected chi connectivity index (χ0v) is 11.2. The van der Waals surface area contributed by atoms with Gasteiger partial charge in [-0.1, -0.05) is 37.2 Å². The van der Waals surface area contributed by atoms with Gasteiger partial charge in [-0.05, 0) is 25.0 Å². The fourth-order valence-corrected chi connectivity index (χ4v) is 4.08. The Morgan fingerprint density at radius 1 is 1.18 bits per heavy atom. The first-order chi connectivity index (χ1) is 8.34. The standard InChI is InChI=1S/C15H20NS/c1-12-6-2-4-8-14(12)16-10-13-7-3-5-9-15(13)17-11-16/h3,5,7,9-10,12,14H,2,4,6,8,11H2,1H3/q+1. The van der Waals surface area contributed by atoms with Crippen LogP contribution in [0.25, 0.3) is 0 Å². The second kappa shape index (κ2) is 4.85. The summed E-state index contributed by atoms with van der Waals surface area (Å²) in [7, 11) is 0. The van der Waals surface area contributed by atoms with Crippen LogP contribution in [-0.2, 0) is 0 Å². The number of hydrogen-bond donors (Lipinski definition) is 0. The summed E-state index contributed by atoms with van der Waals surface area (Å²) in [5.41, 5.74) is 1.40. The molecule has 2 heteroatoms. The number of nitrogens with zero attached hydrogens (tertiary/aromatic N) is 1. The topological polar surface area (TPSA) is 3.01 Å². The van der Waals surface area contributed by atoms with Crippen LogP contribution in [0.1, 0.15) is 38.2 Å². The molecule has 1 aromatic carbocycles. The minimum Gasteiger partial charge on any atom is -0.223 e. The van der Waals surface area contributed by atoms with Crippen molar-refractivity contribution in [1.82, 2.24) is 0 Å². The van der Waals surface area contributed by atoms with Gasteiger partial charge in [0.2, 0.25) is 0 Å². The molecular formula is C15H20NS+. The van der Waals surface area contributed by atoms with Gasteiger partial charge in [0.05, 0.1) is 5.56 Å². The van der Waals surface area contributed by atoms with E-state index in [0.717, 1.165) is 17.8 Å². The number of fused-ring (bicyclic) bond motifs is 1. The zero-order valence-electron chi connectivity index (χ0n) is 10.4. The summed E-state index contributed by atoms with van der Waals surface area (Å²) >= 11 is 1.99. The van der Waals surface area contributed by atoms with Gasteiger partial charge in [-0.3, -0.25) is 0 Å². The lowest BCUT2D eigenvalue weighted by Crippen LogP contribution is -2.36. The van der Waals surface area contributed by atoms with Crippen molar-refractivity contribution in [1.29, 1.82) is 0 Å². The average Bonchev–Trinajstić information content (AvgIpc) is 2.39. The normalized spacial score (nSPS) is 28.4. The van der Waals surface area contributed by atoms with Gasteiger partial charge in [-0.25, -0.2) is 4.58 Å². The molecule has 1 heterocycles. The molecule has 90 valence electrons. The van der Waals surface area contributed by atoms with E-state index in [9.17, 15) is 0 Å². The maximum atomic E-state index is 2.58. The molecule has 0 saturated heterocycles. The van der Waals surface area contributed by atoms with Crippen molar-refractivity contribution >= 4 is 18.0 Å². The fourth-order valence-electron chi connectivity index (χ4n) is 3.06. The minimum atomic E-state index is 0.768. The van der Waals surface area contributed by atoms with Gasteiger partial charge >= 0.3 is 0 Å². The van der Waals surface area contributed by atoms with Crippen LogP contribution in [0.15, 0.2) is 29.2 Å². The van der Waals surface area contributed by atoms with Gasteiger partial charge in [0.25, 0.3) is 0 Å². The van der Waals surface area contributed by atoms with Crippen LogP contribution in [0.4, 0.5) is 0 Å². The molecule has 1 aromatic rings. The molecule has 3 rings (SSSR count). The molecule has 1 fully saturated rings. The Morgan fingerprint density at radius 3 is 2.88 bits per heavy atom. The van der Waals surface area contributed by atoms with E-state index in [0.29, 0.717) is 0 Å². The van der Waals surface area contributed by atoms with Crippen LogP contribution in [-0.4, -0.2) is 22.7 Å². The lowest BCUT2D eigenvalue weighted by atomic mass is 9.85. The van der Waals surface area contributed by atoms with Crippen molar-refractivity contribution in [2.75, 3.05) is 5.88 Å². The first-order valence-corrected chi connectivity index (χ1v) is 7.65. The monoisotopic (exact) mass is 246 g/mol. The molecule has 1 aliphatic carbocycles. The summed E-state index contributed by atoms with van der Waals surface area (Å²) in [5.74, 6) is 1.98. The predicted octanol–water partition coefficient (Wildman–Crippen LogP) is 3.76. The van der Waals surface area contributed by atoms with Crippen LogP contribution >= 0.6 is 11.8 Å². The summed E-state index contributed by atoms with van der Waals surface area (Å²) in [6, 6.07) is 9.52. The molecule has 0 spiro atoms. The van der Waals surface area contributed by atoms with Gasteiger partial charge < -0.3 is 0 Å². The van der Waals surface area contributed by atoms with Gasteiger partial charge in [-0.15, -0.1) is 0 Å². The van der Waals surface area contributed by atoms with Crippen molar-refractivity contribution < 1.29 is 4.58 Å². The van der Waals surface area contributed by atoms with Crippen molar-refractivity contribution in [2.24, 2.45) is 5.92 Å². The van der Waals surface area contributed by atoms with Crippen LogP contribution in [0, 0.1) is 5.92 Å². The van der Waals surface area contributed by atoms with E-state index in [1.54, 1.807) is 0 Å². The third-order valence-electron chi connectivity index (χ3n) is 4.09. The maximum absolute atomic E-state index is 2.58. The molecule has 2 unspecified atom stereocenters. The number of thioether (sulfide) groups is 1. The van der Waals surface area contributed by atoms with Crippen LogP contribution < -0.4 is 0 Å². The molecule has 0 N–H and O–H groups in total. The molecule has 2 atom stereocenters. The third-order valence-corrected chi connectivity index (χ3v) is 5.20. The Labute approximate surface area is 108 Å². The van der Waals surface area contributed by atoms with E-state index in [1.807, 2.05) is 11.8 Å². The largest absolute Gasteiger partial charge is 0.223 e. The van der Waals surface area contributed by atoms with Crippen molar-refractivity contribution in [3.05, 3.63) is 29.8 Å². The first kappa shape index (κ1) is 11.3. The highest BCUT2D eigenvalue weighted by Gasteiger charge is 2.31. The smallest absolute Gasteiger partial charge is 0.193 e. The Bertz CT molecular complexity index is 438. The fraction of sp³-hybridized carbons (Fsp3) is 0.533. The molecule has 0 aromatic heterocycles. The SMILES string of the molecule is CC1CCCCC1[N+]1=Cc2ccccc2SC1. The molecule has 2 aliphatic rings. The number of rotatable bonds is 1. The summed E-state index contributed by atoms with van der Waals surface area (Å²) in [4.78, 5) is 1.44. The van der Waals surface area contributed by atoms with Crippen molar-refractivity contribution in [2.45, 2.75) is 43.5 Å². The molecule has 1 saturated carbocycles. The van der Waals surface area contributed by atoms with Crippen LogP contribution in [0.2, 0.25) is 0 Å². The Kier molecular flexibility index (Phi) is 3.24. The predicted molar refractivity (Wildman–Crippen MR) is 74.0 cm³/mol. The van der Waals surface area contributed by atoms with Crippen LogP contribution in [0.5, 0.6) is 0 Å². The maximum Gasteiger partial charge on any atom is 0.193 e. The van der Waals surface area contributed by atoms with E-state index in [-0.39, 0.29) is 0 Å². The molecule has 0 bridgehead atoms. The highest BCUT2D eigenvalue weighted by molar-refractivity contribution is 7.99. The Morgan fingerprint density at radius 2 is 2.00 bits per heavy atom. The highest BCUT2D eigenvalue weighted by atomic mass is 32.2. The van der Waals surface area contributed by atoms with E-state index in [1.165, 1.54) is 36.1 Å². The van der Waals surface area contributed by atoms with Crippen molar-refractivity contribution in [3.63, 3.8) is 0 Å². The average molecular weight is 246 g/mol. The van der Waals surface area contributed by atoms with E-state index < -0.39 is 0 Å². The highest BCUT2D eigenvalue weighted by Crippen LogP contribution is 2.31. The summed E-state index contributed by atoms with van der Waals surface area (Å²) < 4.78 is 2.58. The number of benzene rings is 1. The molecule has 17 heavy (non-hydrogen) atoms. The molecular weight excluding hydrogens is 226 g/mol. The Balaban J connectivity index is 1.88.